The van der Waals surface area contributed by atoms with Gasteiger partial charge in [-0.2, -0.15) is 0 Å². The van der Waals surface area contributed by atoms with Gasteiger partial charge in [-0.1, -0.05) is 16.8 Å². The van der Waals surface area contributed by atoms with Crippen molar-refractivity contribution >= 4 is 34.1 Å². The summed E-state index contributed by atoms with van der Waals surface area (Å²) in [6.45, 7) is 0.657. The van der Waals surface area contributed by atoms with Crippen molar-refractivity contribution in [3.63, 3.8) is 0 Å². The van der Waals surface area contributed by atoms with Crippen LogP contribution in [0.4, 0.5) is 0 Å². The molecule has 27 heavy (non-hydrogen) atoms. The first-order chi connectivity index (χ1) is 13.0. The van der Waals surface area contributed by atoms with Crippen LogP contribution in [0.15, 0.2) is 46.3 Å². The lowest BCUT2D eigenvalue weighted by Crippen LogP contribution is -2.29. The lowest BCUT2D eigenvalue weighted by atomic mass is 10.1. The van der Waals surface area contributed by atoms with Gasteiger partial charge in [0, 0.05) is 29.2 Å². The van der Waals surface area contributed by atoms with E-state index in [-0.39, 0.29) is 23.0 Å². The van der Waals surface area contributed by atoms with Gasteiger partial charge in [0.15, 0.2) is 11.5 Å². The summed E-state index contributed by atoms with van der Waals surface area (Å²) in [5.74, 6) is -0.125. The molecular formula is C18H14ClN5O3. The number of nitrogens with one attached hydrogen (secondary N) is 1. The second-order valence-electron chi connectivity index (χ2n) is 5.96. The molecule has 0 bridgehead atoms. The normalized spacial score (nSPS) is 13.6. The number of hydrogen-bond acceptors (Lipinski definition) is 6. The van der Waals surface area contributed by atoms with Crippen molar-refractivity contribution in [2.24, 2.45) is 10.9 Å². The molecule has 2 heterocycles. The molecular weight excluding hydrogens is 370 g/mol. The molecule has 4 rings (SSSR count). The summed E-state index contributed by atoms with van der Waals surface area (Å²) in [7, 11) is 0. The fourth-order valence-electron chi connectivity index (χ4n) is 3.11. The number of benzene rings is 2. The minimum absolute atomic E-state index is 0.109. The molecule has 4 N–H and O–H groups in total. The fourth-order valence-corrected chi connectivity index (χ4v) is 3.28. The van der Waals surface area contributed by atoms with Crippen molar-refractivity contribution in [3.05, 3.63) is 68.7 Å². The van der Waals surface area contributed by atoms with Crippen molar-refractivity contribution in [1.29, 1.82) is 0 Å². The van der Waals surface area contributed by atoms with Crippen LogP contribution in [0.25, 0.3) is 16.6 Å². The van der Waals surface area contributed by atoms with E-state index in [0.717, 1.165) is 0 Å². The third kappa shape index (κ3) is 2.66. The first-order valence-electron chi connectivity index (χ1n) is 8.13. The van der Waals surface area contributed by atoms with Gasteiger partial charge in [-0.3, -0.25) is 14.2 Å². The minimum atomic E-state index is -0.313. The Balaban J connectivity index is 1.93. The number of oxime groups is 1. The smallest absolute Gasteiger partial charge is 0.266 e. The van der Waals surface area contributed by atoms with E-state index < -0.39 is 0 Å². The van der Waals surface area contributed by atoms with Gasteiger partial charge in [0.1, 0.15) is 0 Å². The van der Waals surface area contributed by atoms with Crippen molar-refractivity contribution in [3.8, 4) is 5.69 Å². The van der Waals surface area contributed by atoms with E-state index in [9.17, 15) is 14.8 Å². The van der Waals surface area contributed by atoms with Crippen LogP contribution in [0.1, 0.15) is 21.7 Å². The summed E-state index contributed by atoms with van der Waals surface area (Å²) in [5.41, 5.74) is 6.87. The van der Waals surface area contributed by atoms with E-state index in [4.69, 9.17) is 17.3 Å². The Hall–Kier alpha value is -3.23. The van der Waals surface area contributed by atoms with Crippen LogP contribution < -0.4 is 16.6 Å². The molecule has 0 fully saturated rings. The molecule has 9 heteroatoms. The summed E-state index contributed by atoms with van der Waals surface area (Å²) in [6, 6.07) is 9.56. The number of carbonyl (C=O) groups is 1. The van der Waals surface area contributed by atoms with Gasteiger partial charge >= 0.3 is 0 Å². The number of carbonyl (C=O) groups excluding carboxylic acids is 1. The molecule has 0 aliphatic carbocycles. The predicted molar refractivity (Wildman–Crippen MR) is 101 cm³/mol. The number of hydrogen-bond donors (Lipinski definition) is 3. The first kappa shape index (κ1) is 17.2. The highest BCUT2D eigenvalue weighted by Gasteiger charge is 2.30. The number of nitrogens with zero attached hydrogens (tertiary/aromatic N) is 3. The Bertz CT molecular complexity index is 1190. The number of nitrogens with two attached hydrogens (primary N) is 1. The lowest BCUT2D eigenvalue weighted by Gasteiger charge is -2.07. The Labute approximate surface area is 157 Å². The maximum absolute atomic E-state index is 13.0. The largest absolute Gasteiger partial charge is 0.410 e. The zero-order chi connectivity index (χ0) is 19.1. The highest BCUT2D eigenvalue weighted by molar-refractivity contribution is 6.31. The second kappa shape index (κ2) is 6.49. The first-order valence-corrected chi connectivity index (χ1v) is 8.50. The van der Waals surface area contributed by atoms with E-state index in [0.29, 0.717) is 45.8 Å². The number of fused-ring (bicyclic) bond motifs is 4. The molecule has 0 atom stereocenters. The Morgan fingerprint density at radius 1 is 1.30 bits per heavy atom. The average molecular weight is 384 g/mol. The second-order valence-corrected chi connectivity index (χ2v) is 6.40. The van der Waals surface area contributed by atoms with Gasteiger partial charge in [-0.25, -0.2) is 4.98 Å². The zero-order valence-electron chi connectivity index (χ0n) is 13.9. The molecule has 0 unspecified atom stereocenters. The van der Waals surface area contributed by atoms with Crippen molar-refractivity contribution in [2.45, 2.75) is 0 Å². The van der Waals surface area contributed by atoms with Crippen LogP contribution in [0, 0.1) is 0 Å². The summed E-state index contributed by atoms with van der Waals surface area (Å²) < 4.78 is 1.36. The molecule has 0 spiro atoms. The van der Waals surface area contributed by atoms with Gasteiger partial charge in [0.2, 0.25) is 0 Å². The zero-order valence-corrected chi connectivity index (χ0v) is 14.7. The Morgan fingerprint density at radius 3 is 2.85 bits per heavy atom. The van der Waals surface area contributed by atoms with Gasteiger partial charge in [0.05, 0.1) is 16.6 Å². The molecule has 8 nitrogen and oxygen atoms in total. The van der Waals surface area contributed by atoms with Crippen molar-refractivity contribution in [2.75, 3.05) is 13.1 Å². The molecule has 1 aliphatic rings. The van der Waals surface area contributed by atoms with Crippen LogP contribution >= 0.6 is 11.6 Å². The molecule has 1 aromatic heterocycles. The van der Waals surface area contributed by atoms with Crippen LogP contribution in [0.2, 0.25) is 5.02 Å². The maximum Gasteiger partial charge on any atom is 0.266 e. The van der Waals surface area contributed by atoms with E-state index in [2.05, 4.69) is 15.5 Å². The van der Waals surface area contributed by atoms with E-state index in [1.165, 1.54) is 4.57 Å². The van der Waals surface area contributed by atoms with E-state index >= 15 is 0 Å². The topological polar surface area (TPSA) is 123 Å². The van der Waals surface area contributed by atoms with Crippen LogP contribution in [0.5, 0.6) is 0 Å². The van der Waals surface area contributed by atoms with Gasteiger partial charge < -0.3 is 16.3 Å². The number of rotatable bonds is 3. The molecule has 0 saturated heterocycles. The van der Waals surface area contributed by atoms with E-state index in [1.54, 1.807) is 36.4 Å². The third-order valence-corrected chi connectivity index (χ3v) is 4.56. The number of amides is 1. The summed E-state index contributed by atoms with van der Waals surface area (Å²) in [4.78, 5) is 29.6. The van der Waals surface area contributed by atoms with Crippen LogP contribution in [0.3, 0.4) is 0 Å². The van der Waals surface area contributed by atoms with Gasteiger partial charge in [-0.15, -0.1) is 0 Å². The molecule has 136 valence electrons. The minimum Gasteiger partial charge on any atom is -0.410 e. The van der Waals surface area contributed by atoms with Crippen molar-refractivity contribution < 1.29 is 10.0 Å². The molecule has 0 saturated carbocycles. The third-order valence-electron chi connectivity index (χ3n) is 4.33. The van der Waals surface area contributed by atoms with Crippen LogP contribution in [-0.2, 0) is 0 Å². The lowest BCUT2D eigenvalue weighted by molar-refractivity contribution is 0.0954. The molecule has 3 aromatic rings. The molecule has 1 aliphatic heterocycles. The standard InChI is InChI=1S/C18H14ClN5O3/c19-10-2-3-11-13(8-10)22-16-15(23-27)12-7-9(17(25)21-6-5-20)1-4-14(12)24(16)18(11)26/h1-4,7-8,27H,5-6,20H2,(H,21,25)/b23-15+. The summed E-state index contributed by atoms with van der Waals surface area (Å²) in [5, 5.41) is 16.4. The quantitative estimate of drug-likeness (QED) is 0.363. The summed E-state index contributed by atoms with van der Waals surface area (Å²) in [6.07, 6.45) is 0. The highest BCUT2D eigenvalue weighted by Crippen LogP contribution is 2.28. The maximum atomic E-state index is 13.0. The number of halogens is 1. The Morgan fingerprint density at radius 2 is 2.11 bits per heavy atom. The van der Waals surface area contributed by atoms with E-state index in [1.807, 2.05) is 0 Å². The molecule has 0 radical (unpaired) electrons. The van der Waals surface area contributed by atoms with Gasteiger partial charge in [-0.05, 0) is 36.4 Å². The highest BCUT2D eigenvalue weighted by atomic mass is 35.5. The average Bonchev–Trinajstić information content (AvgIpc) is 2.98. The van der Waals surface area contributed by atoms with Gasteiger partial charge in [0.25, 0.3) is 11.5 Å². The van der Waals surface area contributed by atoms with Crippen molar-refractivity contribution in [1.82, 2.24) is 14.9 Å². The summed E-state index contributed by atoms with van der Waals surface area (Å²) >= 11 is 6.00. The molecule has 2 aromatic carbocycles. The Kier molecular flexibility index (Phi) is 4.14. The SMILES string of the molecule is NCCNC(=O)c1ccc2c(c1)/C(=N\O)c1nc3cc(Cl)ccc3c(=O)n1-2. The monoisotopic (exact) mass is 383 g/mol. The molecule has 1 amide bonds. The predicted octanol–water partition coefficient (Wildman–Crippen LogP) is 1.27. The fraction of sp³-hybridized carbons (Fsp3) is 0.111. The number of aromatic nitrogens is 2. The van der Waals surface area contributed by atoms with Crippen LogP contribution in [-0.4, -0.2) is 39.5 Å².